The molecule has 0 amide bonds. The van der Waals surface area contributed by atoms with E-state index in [1.54, 1.807) is 16.2 Å². The van der Waals surface area contributed by atoms with Crippen molar-refractivity contribution in [3.8, 4) is 0 Å². The number of rotatable bonds is 5. The topological polar surface area (TPSA) is 42.2 Å². The number of fused-ring (bicyclic) bond motifs is 3. The lowest BCUT2D eigenvalue weighted by atomic mass is 10.1. The largest absolute Gasteiger partial charge is 0.365 e. The van der Waals surface area contributed by atoms with Crippen LogP contribution in [0.5, 0.6) is 0 Å². The van der Waals surface area contributed by atoms with Gasteiger partial charge in [-0.05, 0) is 55.5 Å². The number of aromatic nitrogens is 2. The molecule has 136 valence electrons. The Balaban J connectivity index is 1.48. The molecule has 0 radical (unpaired) electrons. The highest BCUT2D eigenvalue weighted by molar-refractivity contribution is 7.19. The quantitative estimate of drug-likeness (QED) is 0.707. The van der Waals surface area contributed by atoms with Gasteiger partial charge >= 0.3 is 0 Å². The second kappa shape index (κ2) is 7.25. The molecule has 0 saturated carbocycles. The van der Waals surface area contributed by atoms with Crippen LogP contribution in [0.3, 0.4) is 0 Å². The fourth-order valence-corrected chi connectivity index (χ4v) is 6.21. The van der Waals surface area contributed by atoms with Crippen molar-refractivity contribution in [3.63, 3.8) is 0 Å². The number of nitrogens with zero attached hydrogens (tertiary/aromatic N) is 2. The highest BCUT2D eigenvalue weighted by Crippen LogP contribution is 2.39. The van der Waals surface area contributed by atoms with Gasteiger partial charge in [-0.2, -0.15) is 0 Å². The molecular formula is C20H25N4S2+. The van der Waals surface area contributed by atoms with Crippen LogP contribution >= 0.6 is 22.7 Å². The van der Waals surface area contributed by atoms with E-state index >= 15 is 0 Å². The third-order valence-corrected chi connectivity index (χ3v) is 7.65. The van der Waals surface area contributed by atoms with Crippen molar-refractivity contribution in [2.24, 2.45) is 0 Å². The van der Waals surface area contributed by atoms with Crippen molar-refractivity contribution in [2.45, 2.75) is 51.6 Å². The molecule has 0 atom stereocenters. The zero-order chi connectivity index (χ0) is 17.3. The van der Waals surface area contributed by atoms with E-state index < -0.39 is 0 Å². The van der Waals surface area contributed by atoms with E-state index in [0.29, 0.717) is 0 Å². The third-order valence-electron chi connectivity index (χ3n) is 5.59. The van der Waals surface area contributed by atoms with Crippen LogP contribution in [0.2, 0.25) is 0 Å². The van der Waals surface area contributed by atoms with Gasteiger partial charge in [-0.25, -0.2) is 9.97 Å². The Kier molecular flexibility index (Phi) is 4.65. The first-order valence-electron chi connectivity index (χ1n) is 9.78. The van der Waals surface area contributed by atoms with Gasteiger partial charge in [0.2, 0.25) is 0 Å². The van der Waals surface area contributed by atoms with Crippen LogP contribution in [0.4, 0.5) is 5.82 Å². The molecule has 2 N–H and O–H groups in total. The van der Waals surface area contributed by atoms with E-state index in [4.69, 9.17) is 9.97 Å². The molecule has 1 saturated heterocycles. The Morgan fingerprint density at radius 1 is 1.08 bits per heavy atom. The van der Waals surface area contributed by atoms with Crippen molar-refractivity contribution in [1.82, 2.24) is 9.97 Å². The normalized spacial score (nSPS) is 17.7. The van der Waals surface area contributed by atoms with Crippen molar-refractivity contribution >= 4 is 38.7 Å². The number of nitrogens with one attached hydrogen (secondary N) is 2. The molecular weight excluding hydrogens is 360 g/mol. The summed E-state index contributed by atoms with van der Waals surface area (Å²) in [5.74, 6) is 2.08. The molecule has 0 unspecified atom stereocenters. The average molecular weight is 386 g/mol. The van der Waals surface area contributed by atoms with Gasteiger partial charge < -0.3 is 10.2 Å². The molecule has 26 heavy (non-hydrogen) atoms. The first-order valence-corrected chi connectivity index (χ1v) is 11.5. The summed E-state index contributed by atoms with van der Waals surface area (Å²) in [5.41, 5.74) is 1.51. The maximum atomic E-state index is 5.01. The lowest BCUT2D eigenvalue weighted by Crippen LogP contribution is -3.11. The molecule has 1 fully saturated rings. The van der Waals surface area contributed by atoms with Crippen molar-refractivity contribution < 1.29 is 4.90 Å². The summed E-state index contributed by atoms with van der Waals surface area (Å²) in [7, 11) is 0. The second-order valence-electron chi connectivity index (χ2n) is 7.45. The predicted octanol–water partition coefficient (Wildman–Crippen LogP) is 3.42. The number of thiophene rings is 2. The first-order chi connectivity index (χ1) is 12.9. The molecule has 4 heterocycles. The fourth-order valence-electron chi connectivity index (χ4n) is 4.28. The Morgan fingerprint density at radius 2 is 2.00 bits per heavy atom. The number of aryl methyl sites for hydroxylation is 2. The molecule has 4 nitrogen and oxygen atoms in total. The van der Waals surface area contributed by atoms with Crippen LogP contribution in [-0.4, -0.2) is 23.1 Å². The maximum absolute atomic E-state index is 5.01. The zero-order valence-corrected chi connectivity index (χ0v) is 16.6. The SMILES string of the molecule is c1csc(CNc2nc(C[NH+]3CCCCC3)nc3sc4c(c23)CCC4)c1. The van der Waals surface area contributed by atoms with E-state index in [1.807, 2.05) is 11.3 Å². The van der Waals surface area contributed by atoms with Gasteiger partial charge in [-0.3, -0.25) is 0 Å². The fraction of sp³-hybridized carbons (Fsp3) is 0.500. The summed E-state index contributed by atoms with van der Waals surface area (Å²) in [4.78, 5) is 15.7. The number of hydrogen-bond donors (Lipinski definition) is 2. The van der Waals surface area contributed by atoms with E-state index in [2.05, 4.69) is 22.8 Å². The molecule has 0 bridgehead atoms. The molecule has 6 heteroatoms. The number of piperidine rings is 1. The second-order valence-corrected chi connectivity index (χ2v) is 9.56. The maximum Gasteiger partial charge on any atom is 0.187 e. The summed E-state index contributed by atoms with van der Waals surface area (Å²) < 4.78 is 0. The Morgan fingerprint density at radius 3 is 2.85 bits per heavy atom. The van der Waals surface area contributed by atoms with Gasteiger partial charge in [0.05, 0.1) is 25.0 Å². The summed E-state index contributed by atoms with van der Waals surface area (Å²) in [6, 6.07) is 4.30. The minimum Gasteiger partial charge on any atom is -0.365 e. The van der Waals surface area contributed by atoms with Crippen LogP contribution in [0.15, 0.2) is 17.5 Å². The van der Waals surface area contributed by atoms with Crippen LogP contribution in [0.25, 0.3) is 10.2 Å². The zero-order valence-electron chi connectivity index (χ0n) is 15.0. The number of anilines is 1. The lowest BCUT2D eigenvalue weighted by molar-refractivity contribution is -0.919. The van der Waals surface area contributed by atoms with Gasteiger partial charge in [0.25, 0.3) is 0 Å². The monoisotopic (exact) mass is 385 g/mol. The summed E-state index contributed by atoms with van der Waals surface area (Å²) in [6.45, 7) is 4.34. The van der Waals surface area contributed by atoms with Gasteiger partial charge in [-0.15, -0.1) is 22.7 Å². The van der Waals surface area contributed by atoms with Crippen LogP contribution in [-0.2, 0) is 25.9 Å². The molecule has 0 spiro atoms. The molecule has 3 aromatic rings. The van der Waals surface area contributed by atoms with E-state index in [0.717, 1.165) is 24.7 Å². The predicted molar refractivity (Wildman–Crippen MR) is 109 cm³/mol. The molecule has 2 aliphatic rings. The van der Waals surface area contributed by atoms with Gasteiger partial charge in [-0.1, -0.05) is 6.07 Å². The van der Waals surface area contributed by atoms with E-state index in [9.17, 15) is 0 Å². The van der Waals surface area contributed by atoms with Crippen LogP contribution in [0.1, 0.15) is 46.8 Å². The average Bonchev–Trinajstić information content (AvgIpc) is 3.37. The third kappa shape index (κ3) is 3.26. The molecule has 5 rings (SSSR count). The first kappa shape index (κ1) is 16.7. The van der Waals surface area contributed by atoms with Gasteiger partial charge in [0, 0.05) is 9.75 Å². The highest BCUT2D eigenvalue weighted by Gasteiger charge is 2.24. The standard InChI is InChI=1S/C20H24N4S2/c1-2-9-24(10-3-1)13-17-22-19(21-12-14-6-5-11-25-14)18-15-7-4-8-16(15)26-20(18)23-17/h5-6,11H,1-4,7-10,12-13H2,(H,21,22,23)/p+1. The molecule has 1 aliphatic carbocycles. The number of hydrogen-bond acceptors (Lipinski definition) is 5. The Hall–Kier alpha value is -1.50. The van der Waals surface area contributed by atoms with Crippen molar-refractivity contribution in [1.29, 1.82) is 0 Å². The van der Waals surface area contributed by atoms with Crippen molar-refractivity contribution in [2.75, 3.05) is 18.4 Å². The number of likely N-dealkylation sites (tertiary alicyclic amines) is 1. The van der Waals surface area contributed by atoms with Gasteiger partial charge in [0.15, 0.2) is 5.82 Å². The van der Waals surface area contributed by atoms with E-state index in [-0.39, 0.29) is 0 Å². The van der Waals surface area contributed by atoms with Crippen molar-refractivity contribution in [3.05, 3.63) is 38.7 Å². The summed E-state index contributed by atoms with van der Waals surface area (Å²) in [5, 5.41) is 7.08. The van der Waals surface area contributed by atoms with Crippen LogP contribution in [0, 0.1) is 0 Å². The van der Waals surface area contributed by atoms with E-state index in [1.165, 1.54) is 77.1 Å². The minimum absolute atomic E-state index is 0.852. The summed E-state index contributed by atoms with van der Waals surface area (Å²) >= 11 is 3.70. The van der Waals surface area contributed by atoms with Crippen LogP contribution < -0.4 is 10.2 Å². The Bertz CT molecular complexity index is 894. The lowest BCUT2D eigenvalue weighted by Gasteiger charge is -2.23. The molecule has 3 aromatic heterocycles. The smallest absolute Gasteiger partial charge is 0.187 e. The molecule has 1 aliphatic heterocycles. The van der Waals surface area contributed by atoms with Gasteiger partial charge in [0.1, 0.15) is 17.2 Å². The number of quaternary nitrogens is 1. The minimum atomic E-state index is 0.852. The highest BCUT2D eigenvalue weighted by atomic mass is 32.1. The summed E-state index contributed by atoms with van der Waals surface area (Å²) in [6.07, 6.45) is 7.75. The Labute approximate surface area is 162 Å². The molecule has 0 aromatic carbocycles.